The van der Waals surface area contributed by atoms with Crippen LogP contribution >= 0.6 is 23.8 Å². The lowest BCUT2D eigenvalue weighted by Gasteiger charge is -2.01. The largest absolute Gasteiger partial charge is 0.296 e. The number of hydrogen-bond donors (Lipinski definition) is 1. The van der Waals surface area contributed by atoms with Gasteiger partial charge in [0.15, 0.2) is 10.6 Å². The topological polar surface area (TPSA) is 51.4 Å². The fourth-order valence-corrected chi connectivity index (χ4v) is 2.39. The van der Waals surface area contributed by atoms with Crippen LogP contribution in [-0.2, 0) is 7.05 Å². The van der Waals surface area contributed by atoms with E-state index in [4.69, 9.17) is 23.8 Å². The number of aromatic amines is 1. The van der Waals surface area contributed by atoms with E-state index in [2.05, 4.69) is 15.3 Å². The number of rotatable bonds is 2. The minimum absolute atomic E-state index is 0.453. The quantitative estimate of drug-likeness (QED) is 0.853. The summed E-state index contributed by atoms with van der Waals surface area (Å²) in [6.45, 7) is 1.93. The van der Waals surface area contributed by atoms with Crippen molar-refractivity contribution in [3.05, 3.63) is 15.5 Å². The molecule has 3 rings (SSSR count). The maximum absolute atomic E-state index is 6.27. The van der Waals surface area contributed by atoms with Gasteiger partial charge in [-0.05, 0) is 32.0 Å². The van der Waals surface area contributed by atoms with Gasteiger partial charge in [0.25, 0.3) is 0 Å². The number of nitrogens with zero attached hydrogens (tertiary/aromatic N) is 4. The van der Waals surface area contributed by atoms with E-state index >= 15 is 0 Å². The van der Waals surface area contributed by atoms with Gasteiger partial charge in [0, 0.05) is 13.1 Å². The third kappa shape index (κ3) is 1.63. The van der Waals surface area contributed by atoms with Crippen molar-refractivity contribution in [1.82, 2.24) is 24.5 Å². The van der Waals surface area contributed by atoms with Crippen molar-refractivity contribution in [2.75, 3.05) is 0 Å². The highest BCUT2D eigenvalue weighted by atomic mass is 35.5. The van der Waals surface area contributed by atoms with Crippen molar-refractivity contribution in [1.29, 1.82) is 0 Å². The monoisotopic (exact) mass is 269 g/mol. The molecule has 1 fully saturated rings. The fourth-order valence-electron chi connectivity index (χ4n) is 1.87. The molecule has 17 heavy (non-hydrogen) atoms. The van der Waals surface area contributed by atoms with Crippen LogP contribution in [0.15, 0.2) is 0 Å². The van der Waals surface area contributed by atoms with E-state index in [0.29, 0.717) is 21.5 Å². The Labute approximate surface area is 108 Å². The molecule has 1 saturated carbocycles. The van der Waals surface area contributed by atoms with Crippen molar-refractivity contribution >= 4 is 23.8 Å². The lowest BCUT2D eigenvalue weighted by atomic mass is 10.3. The Morgan fingerprint density at radius 1 is 1.47 bits per heavy atom. The zero-order valence-electron chi connectivity index (χ0n) is 9.57. The Morgan fingerprint density at radius 3 is 2.71 bits per heavy atom. The average molecular weight is 270 g/mol. The Hall–Kier alpha value is -1.14. The van der Waals surface area contributed by atoms with Crippen LogP contribution in [0, 0.1) is 11.7 Å². The molecule has 0 unspecified atom stereocenters. The van der Waals surface area contributed by atoms with Crippen LogP contribution in [-0.4, -0.2) is 24.5 Å². The van der Waals surface area contributed by atoms with E-state index in [1.807, 2.05) is 18.5 Å². The Kier molecular flexibility index (Phi) is 2.38. The first-order valence-electron chi connectivity index (χ1n) is 5.46. The van der Waals surface area contributed by atoms with Gasteiger partial charge in [-0.25, -0.2) is 0 Å². The molecule has 0 spiro atoms. The highest BCUT2D eigenvalue weighted by molar-refractivity contribution is 7.71. The van der Waals surface area contributed by atoms with E-state index < -0.39 is 0 Å². The molecule has 1 aliphatic rings. The van der Waals surface area contributed by atoms with Crippen molar-refractivity contribution in [3.8, 4) is 11.5 Å². The molecule has 5 nitrogen and oxygen atoms in total. The van der Waals surface area contributed by atoms with E-state index in [0.717, 1.165) is 24.4 Å². The predicted molar refractivity (Wildman–Crippen MR) is 67.6 cm³/mol. The second kappa shape index (κ2) is 3.68. The summed E-state index contributed by atoms with van der Waals surface area (Å²) in [6.07, 6.45) is 2.29. The van der Waals surface area contributed by atoms with Crippen molar-refractivity contribution in [3.63, 3.8) is 0 Å². The average Bonchev–Trinajstić information content (AvgIpc) is 3.02. The zero-order valence-corrected chi connectivity index (χ0v) is 11.1. The summed E-state index contributed by atoms with van der Waals surface area (Å²) in [5, 5.41) is 12.1. The summed E-state index contributed by atoms with van der Waals surface area (Å²) in [5.41, 5.74) is 1.63. The number of aromatic nitrogens is 5. The van der Waals surface area contributed by atoms with Gasteiger partial charge in [-0.1, -0.05) is 11.6 Å². The SMILES string of the molecule is Cc1c(Cl)c(-c2n[nH]c(=S)n2C2CC2)nn1C. The van der Waals surface area contributed by atoms with Gasteiger partial charge in [0.1, 0.15) is 5.69 Å². The Morgan fingerprint density at radius 2 is 2.18 bits per heavy atom. The van der Waals surface area contributed by atoms with E-state index in [1.54, 1.807) is 4.68 Å². The highest BCUT2D eigenvalue weighted by Crippen LogP contribution is 2.39. The second-order valence-electron chi connectivity index (χ2n) is 4.33. The maximum atomic E-state index is 6.27. The molecular formula is C10H12ClN5S. The summed E-state index contributed by atoms with van der Waals surface area (Å²) in [7, 11) is 1.87. The lowest BCUT2D eigenvalue weighted by molar-refractivity contribution is 0.717. The molecule has 0 radical (unpaired) electrons. The Balaban J connectivity index is 2.21. The van der Waals surface area contributed by atoms with Gasteiger partial charge in [0.05, 0.1) is 10.7 Å². The molecule has 1 N–H and O–H groups in total. The first kappa shape index (κ1) is 11.0. The molecule has 0 aromatic carbocycles. The minimum atomic E-state index is 0.453. The molecule has 0 amide bonds. The molecule has 2 aromatic heterocycles. The minimum Gasteiger partial charge on any atom is -0.296 e. The maximum Gasteiger partial charge on any atom is 0.195 e. The molecule has 0 aliphatic heterocycles. The predicted octanol–water partition coefficient (Wildman–Crippen LogP) is 2.64. The number of aryl methyl sites for hydroxylation is 1. The fraction of sp³-hybridized carbons (Fsp3) is 0.500. The van der Waals surface area contributed by atoms with Crippen LogP contribution in [0.3, 0.4) is 0 Å². The summed E-state index contributed by atoms with van der Waals surface area (Å²) >= 11 is 11.5. The molecule has 90 valence electrons. The van der Waals surface area contributed by atoms with E-state index in [9.17, 15) is 0 Å². The van der Waals surface area contributed by atoms with Crippen LogP contribution in [0.25, 0.3) is 11.5 Å². The molecule has 0 bridgehead atoms. The van der Waals surface area contributed by atoms with Gasteiger partial charge in [-0.15, -0.1) is 0 Å². The van der Waals surface area contributed by atoms with Crippen molar-refractivity contribution in [2.24, 2.45) is 7.05 Å². The second-order valence-corrected chi connectivity index (χ2v) is 5.09. The molecule has 7 heteroatoms. The summed E-state index contributed by atoms with van der Waals surface area (Å²) < 4.78 is 4.41. The Bertz CT molecular complexity index is 634. The first-order chi connectivity index (χ1) is 8.09. The third-order valence-electron chi connectivity index (χ3n) is 3.09. The summed E-state index contributed by atoms with van der Waals surface area (Å²) in [4.78, 5) is 0. The first-order valence-corrected chi connectivity index (χ1v) is 6.24. The van der Waals surface area contributed by atoms with Crippen LogP contribution in [0.4, 0.5) is 0 Å². The molecule has 0 atom stereocenters. The number of halogens is 1. The summed E-state index contributed by atoms with van der Waals surface area (Å²) in [5.74, 6) is 0.742. The van der Waals surface area contributed by atoms with Gasteiger partial charge in [-0.2, -0.15) is 10.2 Å². The number of H-pyrrole nitrogens is 1. The van der Waals surface area contributed by atoms with Crippen molar-refractivity contribution < 1.29 is 0 Å². The number of hydrogen-bond acceptors (Lipinski definition) is 3. The van der Waals surface area contributed by atoms with Gasteiger partial charge < -0.3 is 0 Å². The van der Waals surface area contributed by atoms with Crippen LogP contribution in [0.5, 0.6) is 0 Å². The van der Waals surface area contributed by atoms with Crippen molar-refractivity contribution in [2.45, 2.75) is 25.8 Å². The highest BCUT2D eigenvalue weighted by Gasteiger charge is 2.29. The number of nitrogens with one attached hydrogen (secondary N) is 1. The molecular weight excluding hydrogens is 258 g/mol. The van der Waals surface area contributed by atoms with Gasteiger partial charge >= 0.3 is 0 Å². The molecule has 2 heterocycles. The van der Waals surface area contributed by atoms with E-state index in [-0.39, 0.29) is 0 Å². The standard InChI is InChI=1S/C10H12ClN5S/c1-5-7(11)8(14-15(5)2)9-12-13-10(17)16(9)6-3-4-6/h6H,3-4H2,1-2H3,(H,13,17). The van der Waals surface area contributed by atoms with Gasteiger partial charge in [-0.3, -0.25) is 14.3 Å². The van der Waals surface area contributed by atoms with E-state index in [1.165, 1.54) is 0 Å². The van der Waals surface area contributed by atoms with Crippen LogP contribution < -0.4 is 0 Å². The summed E-state index contributed by atoms with van der Waals surface area (Å²) in [6, 6.07) is 0.453. The smallest absolute Gasteiger partial charge is 0.195 e. The molecule has 2 aromatic rings. The third-order valence-corrected chi connectivity index (χ3v) is 3.83. The lowest BCUT2D eigenvalue weighted by Crippen LogP contribution is -1.99. The normalized spacial score (nSPS) is 15.5. The van der Waals surface area contributed by atoms with Crippen LogP contribution in [0.1, 0.15) is 24.6 Å². The zero-order chi connectivity index (χ0) is 12.2. The molecule has 0 saturated heterocycles. The molecule has 1 aliphatic carbocycles. The van der Waals surface area contributed by atoms with Crippen LogP contribution in [0.2, 0.25) is 5.02 Å². The van der Waals surface area contributed by atoms with Gasteiger partial charge in [0.2, 0.25) is 0 Å².